The third-order valence-corrected chi connectivity index (χ3v) is 3.19. The lowest BCUT2D eigenvalue weighted by atomic mass is 10.1. The average Bonchev–Trinajstić information content (AvgIpc) is 2.46. The Kier molecular flexibility index (Phi) is 5.20. The van der Waals surface area contributed by atoms with Crippen molar-refractivity contribution in [2.75, 3.05) is 0 Å². The number of carbonyl (C=O) groups is 1. The van der Waals surface area contributed by atoms with Crippen molar-refractivity contribution >= 4 is 21.8 Å². The summed E-state index contributed by atoms with van der Waals surface area (Å²) in [7, 11) is 0. The lowest BCUT2D eigenvalue weighted by molar-refractivity contribution is -0.137. The molecule has 0 saturated heterocycles. The van der Waals surface area contributed by atoms with Gasteiger partial charge in [-0.25, -0.2) is 5.48 Å². The lowest BCUT2D eigenvalue weighted by Crippen LogP contribution is -2.24. The Morgan fingerprint density at radius 2 is 1.82 bits per heavy atom. The molecule has 3 nitrogen and oxygen atoms in total. The maximum atomic E-state index is 12.7. The molecule has 0 radical (unpaired) electrons. The van der Waals surface area contributed by atoms with Crippen molar-refractivity contribution in [2.45, 2.75) is 12.8 Å². The second-order valence-corrected chi connectivity index (χ2v) is 5.35. The van der Waals surface area contributed by atoms with E-state index in [4.69, 9.17) is 4.84 Å². The van der Waals surface area contributed by atoms with Gasteiger partial charge in [-0.15, -0.1) is 0 Å². The first-order valence-corrected chi connectivity index (χ1v) is 6.99. The van der Waals surface area contributed by atoms with E-state index in [0.29, 0.717) is 0 Å². The van der Waals surface area contributed by atoms with Gasteiger partial charge < -0.3 is 0 Å². The van der Waals surface area contributed by atoms with E-state index >= 15 is 0 Å². The molecule has 0 heterocycles. The summed E-state index contributed by atoms with van der Waals surface area (Å²) in [5.74, 6) is -0.747. The molecule has 0 aliphatic heterocycles. The zero-order valence-corrected chi connectivity index (χ0v) is 12.7. The molecule has 2 rings (SSSR count). The minimum Gasteiger partial charge on any atom is -0.269 e. The molecular weight excluding hydrogens is 363 g/mol. The zero-order valence-electron chi connectivity index (χ0n) is 11.2. The van der Waals surface area contributed by atoms with Gasteiger partial charge in [-0.2, -0.15) is 13.2 Å². The van der Waals surface area contributed by atoms with Crippen LogP contribution in [0, 0.1) is 0 Å². The van der Waals surface area contributed by atoms with Crippen LogP contribution in [0.3, 0.4) is 0 Å². The van der Waals surface area contributed by atoms with Gasteiger partial charge in [-0.3, -0.25) is 9.63 Å². The first kappa shape index (κ1) is 16.5. The summed E-state index contributed by atoms with van der Waals surface area (Å²) in [5.41, 5.74) is 1.90. The summed E-state index contributed by atoms with van der Waals surface area (Å²) < 4.78 is 38.3. The standard InChI is InChI=1S/C15H11BrF3NO2/c16-13-7-11(6-12(8-13)15(17,18)19)14(21)20-22-9-10-4-2-1-3-5-10/h1-8H,9H2,(H,20,21). The topological polar surface area (TPSA) is 38.3 Å². The Morgan fingerprint density at radius 3 is 2.45 bits per heavy atom. The first-order valence-electron chi connectivity index (χ1n) is 6.20. The van der Waals surface area contributed by atoms with Gasteiger partial charge in [0, 0.05) is 10.0 Å². The molecule has 116 valence electrons. The molecule has 0 unspecified atom stereocenters. The van der Waals surface area contributed by atoms with E-state index in [1.807, 2.05) is 18.2 Å². The normalized spacial score (nSPS) is 11.3. The van der Waals surface area contributed by atoms with Crippen molar-refractivity contribution in [3.63, 3.8) is 0 Å². The number of nitrogens with one attached hydrogen (secondary N) is 1. The van der Waals surface area contributed by atoms with E-state index < -0.39 is 17.6 Å². The highest BCUT2D eigenvalue weighted by Gasteiger charge is 2.31. The van der Waals surface area contributed by atoms with Gasteiger partial charge in [0.15, 0.2) is 0 Å². The summed E-state index contributed by atoms with van der Waals surface area (Å²) in [5, 5.41) is 0. The highest BCUT2D eigenvalue weighted by atomic mass is 79.9. The second-order valence-electron chi connectivity index (χ2n) is 4.43. The third-order valence-electron chi connectivity index (χ3n) is 2.73. The van der Waals surface area contributed by atoms with Crippen LogP contribution >= 0.6 is 15.9 Å². The van der Waals surface area contributed by atoms with Crippen molar-refractivity contribution < 1.29 is 22.8 Å². The number of benzene rings is 2. The number of halogens is 4. The summed E-state index contributed by atoms with van der Waals surface area (Å²) in [4.78, 5) is 16.8. The number of carbonyl (C=O) groups excluding carboxylic acids is 1. The summed E-state index contributed by atoms with van der Waals surface area (Å²) in [6.07, 6.45) is -4.52. The van der Waals surface area contributed by atoms with Crippen LogP contribution in [0.4, 0.5) is 13.2 Å². The fourth-order valence-corrected chi connectivity index (χ4v) is 2.20. The minimum absolute atomic E-state index is 0.118. The number of rotatable bonds is 4. The number of alkyl halides is 3. The van der Waals surface area contributed by atoms with E-state index in [1.54, 1.807) is 12.1 Å². The van der Waals surface area contributed by atoms with E-state index in [1.165, 1.54) is 6.07 Å². The van der Waals surface area contributed by atoms with Gasteiger partial charge in [0.05, 0.1) is 12.2 Å². The molecule has 2 aromatic carbocycles. The van der Waals surface area contributed by atoms with E-state index in [2.05, 4.69) is 21.4 Å². The first-order chi connectivity index (χ1) is 10.4. The molecule has 2 aromatic rings. The van der Waals surface area contributed by atoms with Crippen LogP contribution in [-0.2, 0) is 17.6 Å². The SMILES string of the molecule is O=C(NOCc1ccccc1)c1cc(Br)cc(C(F)(F)F)c1. The van der Waals surface area contributed by atoms with E-state index in [-0.39, 0.29) is 16.6 Å². The van der Waals surface area contributed by atoms with Gasteiger partial charge in [0.25, 0.3) is 5.91 Å². The Balaban J connectivity index is 2.02. The molecule has 0 bridgehead atoms. The molecule has 0 fully saturated rings. The molecule has 0 aliphatic carbocycles. The Bertz CT molecular complexity index is 660. The van der Waals surface area contributed by atoms with Crippen LogP contribution in [0.2, 0.25) is 0 Å². The fraction of sp³-hybridized carbons (Fsp3) is 0.133. The molecule has 0 spiro atoms. The van der Waals surface area contributed by atoms with Gasteiger partial charge in [0.1, 0.15) is 0 Å². The Labute approximate surface area is 133 Å². The summed E-state index contributed by atoms with van der Waals surface area (Å²) in [6.45, 7) is 0.118. The third kappa shape index (κ3) is 4.57. The van der Waals surface area contributed by atoms with E-state index in [9.17, 15) is 18.0 Å². The molecule has 0 aliphatic rings. The highest BCUT2D eigenvalue weighted by molar-refractivity contribution is 9.10. The maximum Gasteiger partial charge on any atom is 0.416 e. The van der Waals surface area contributed by atoms with Gasteiger partial charge in [0.2, 0.25) is 0 Å². The van der Waals surface area contributed by atoms with Crippen molar-refractivity contribution in [1.29, 1.82) is 0 Å². The Hall–Kier alpha value is -1.86. The lowest BCUT2D eigenvalue weighted by Gasteiger charge is -2.10. The predicted octanol–water partition coefficient (Wildman–Crippen LogP) is 4.33. The molecule has 0 saturated carbocycles. The molecule has 1 N–H and O–H groups in total. The largest absolute Gasteiger partial charge is 0.416 e. The zero-order chi connectivity index (χ0) is 16.2. The van der Waals surface area contributed by atoms with Crippen LogP contribution in [-0.4, -0.2) is 5.91 Å². The van der Waals surface area contributed by atoms with E-state index in [0.717, 1.165) is 17.7 Å². The summed E-state index contributed by atoms with van der Waals surface area (Å²) in [6, 6.07) is 12.0. The molecule has 0 atom stereocenters. The van der Waals surface area contributed by atoms with Gasteiger partial charge in [-0.1, -0.05) is 46.3 Å². The maximum absolute atomic E-state index is 12.7. The van der Waals surface area contributed by atoms with Crippen molar-refractivity contribution in [3.05, 3.63) is 69.7 Å². The van der Waals surface area contributed by atoms with Crippen LogP contribution in [0.25, 0.3) is 0 Å². The molecule has 0 aromatic heterocycles. The molecule has 1 amide bonds. The van der Waals surface area contributed by atoms with Crippen LogP contribution in [0.5, 0.6) is 0 Å². The van der Waals surface area contributed by atoms with Crippen LogP contribution in [0.1, 0.15) is 21.5 Å². The van der Waals surface area contributed by atoms with Gasteiger partial charge >= 0.3 is 6.18 Å². The minimum atomic E-state index is -4.52. The fourth-order valence-electron chi connectivity index (χ4n) is 1.70. The molecular formula is C15H11BrF3NO2. The molecule has 7 heteroatoms. The average molecular weight is 374 g/mol. The van der Waals surface area contributed by atoms with Gasteiger partial charge in [-0.05, 0) is 23.8 Å². The number of hydrogen-bond acceptors (Lipinski definition) is 2. The van der Waals surface area contributed by atoms with Crippen LogP contribution < -0.4 is 5.48 Å². The number of hydroxylamine groups is 1. The summed E-state index contributed by atoms with van der Waals surface area (Å²) >= 11 is 2.96. The second kappa shape index (κ2) is 6.93. The molecule has 22 heavy (non-hydrogen) atoms. The van der Waals surface area contributed by atoms with Crippen molar-refractivity contribution in [1.82, 2.24) is 5.48 Å². The Morgan fingerprint density at radius 1 is 1.14 bits per heavy atom. The van der Waals surface area contributed by atoms with Crippen LogP contribution in [0.15, 0.2) is 53.0 Å². The highest BCUT2D eigenvalue weighted by Crippen LogP contribution is 2.32. The predicted molar refractivity (Wildman–Crippen MR) is 77.8 cm³/mol. The monoisotopic (exact) mass is 373 g/mol. The van der Waals surface area contributed by atoms with Crippen molar-refractivity contribution in [3.8, 4) is 0 Å². The number of amides is 1. The van der Waals surface area contributed by atoms with Crippen molar-refractivity contribution in [2.24, 2.45) is 0 Å². The number of hydrogen-bond donors (Lipinski definition) is 1. The smallest absolute Gasteiger partial charge is 0.269 e. The quantitative estimate of drug-likeness (QED) is 0.810.